The van der Waals surface area contributed by atoms with E-state index in [9.17, 15) is 8.42 Å². The molecule has 0 atom stereocenters. The number of rotatable bonds is 6. The maximum absolute atomic E-state index is 12.5. The maximum Gasteiger partial charge on any atom is 0.240 e. The van der Waals surface area contributed by atoms with Gasteiger partial charge < -0.3 is 0 Å². The number of aromatic amines is 1. The third-order valence-electron chi connectivity index (χ3n) is 3.92. The minimum Gasteiger partial charge on any atom is -0.263 e. The predicted molar refractivity (Wildman–Crippen MR) is 102 cm³/mol. The highest BCUT2D eigenvalue weighted by atomic mass is 35.5. The first kappa shape index (κ1) is 18.6. The minimum atomic E-state index is -3.56. The molecule has 1 heterocycles. The van der Waals surface area contributed by atoms with Gasteiger partial charge in [0.1, 0.15) is 5.82 Å². The van der Waals surface area contributed by atoms with E-state index in [1.807, 2.05) is 25.1 Å². The summed E-state index contributed by atoms with van der Waals surface area (Å²) in [5, 5.41) is 7.64. The van der Waals surface area contributed by atoms with E-state index in [-0.39, 0.29) is 6.54 Å². The first-order chi connectivity index (χ1) is 12.3. The quantitative estimate of drug-likeness (QED) is 0.676. The van der Waals surface area contributed by atoms with Crippen molar-refractivity contribution in [3.8, 4) is 11.4 Å². The number of hydrogen-bond donors (Lipinski definition) is 2. The molecule has 0 fully saturated rings. The molecule has 0 unspecified atom stereocenters. The van der Waals surface area contributed by atoms with E-state index in [4.69, 9.17) is 11.6 Å². The van der Waals surface area contributed by atoms with Crippen LogP contribution in [0, 0.1) is 13.8 Å². The van der Waals surface area contributed by atoms with Crippen LogP contribution in [0.3, 0.4) is 0 Å². The van der Waals surface area contributed by atoms with Crippen molar-refractivity contribution in [1.82, 2.24) is 19.9 Å². The van der Waals surface area contributed by atoms with Crippen LogP contribution in [0.1, 0.15) is 17.0 Å². The lowest BCUT2D eigenvalue weighted by Gasteiger charge is -2.09. The van der Waals surface area contributed by atoms with Crippen LogP contribution in [0.4, 0.5) is 0 Å². The second-order valence-corrected chi connectivity index (χ2v) is 8.20. The van der Waals surface area contributed by atoms with Crippen LogP contribution in [-0.4, -0.2) is 30.1 Å². The summed E-state index contributed by atoms with van der Waals surface area (Å²) < 4.78 is 27.6. The second-order valence-electron chi connectivity index (χ2n) is 6.03. The average molecular weight is 391 g/mol. The van der Waals surface area contributed by atoms with Gasteiger partial charge in [-0.05, 0) is 55.3 Å². The zero-order chi connectivity index (χ0) is 18.7. The highest BCUT2D eigenvalue weighted by Crippen LogP contribution is 2.18. The summed E-state index contributed by atoms with van der Waals surface area (Å²) in [7, 11) is -3.56. The molecule has 0 aliphatic rings. The molecule has 0 amide bonds. The van der Waals surface area contributed by atoms with Crippen molar-refractivity contribution < 1.29 is 8.42 Å². The third kappa shape index (κ3) is 4.30. The van der Waals surface area contributed by atoms with Crippen molar-refractivity contribution >= 4 is 21.6 Å². The van der Waals surface area contributed by atoms with Gasteiger partial charge in [-0.25, -0.2) is 18.1 Å². The molecule has 3 aromatic rings. The van der Waals surface area contributed by atoms with E-state index in [0.29, 0.717) is 33.6 Å². The molecule has 136 valence electrons. The second kappa shape index (κ2) is 7.57. The molecule has 0 radical (unpaired) electrons. The first-order valence-electron chi connectivity index (χ1n) is 8.09. The molecule has 1 aromatic heterocycles. The Labute approximate surface area is 157 Å². The van der Waals surface area contributed by atoms with Gasteiger partial charge in [0.2, 0.25) is 10.0 Å². The number of nitrogens with zero attached hydrogens (tertiary/aromatic N) is 2. The van der Waals surface area contributed by atoms with Gasteiger partial charge in [0.25, 0.3) is 0 Å². The molecule has 0 saturated carbocycles. The number of halogens is 1. The monoisotopic (exact) mass is 390 g/mol. The van der Waals surface area contributed by atoms with E-state index in [1.165, 1.54) is 0 Å². The number of hydrogen-bond acceptors (Lipinski definition) is 4. The Balaban J connectivity index is 1.65. The van der Waals surface area contributed by atoms with Crippen molar-refractivity contribution in [3.63, 3.8) is 0 Å². The topological polar surface area (TPSA) is 87.7 Å². The lowest BCUT2D eigenvalue weighted by Crippen LogP contribution is -2.27. The lowest BCUT2D eigenvalue weighted by atomic mass is 10.2. The first-order valence-corrected chi connectivity index (χ1v) is 9.95. The van der Waals surface area contributed by atoms with Gasteiger partial charge in [-0.2, -0.15) is 5.10 Å². The minimum absolute atomic E-state index is 0.227. The van der Waals surface area contributed by atoms with Gasteiger partial charge in [0.15, 0.2) is 5.82 Å². The Morgan fingerprint density at radius 1 is 1.12 bits per heavy atom. The molecule has 2 N–H and O–H groups in total. The van der Waals surface area contributed by atoms with Crippen molar-refractivity contribution in [1.29, 1.82) is 0 Å². The Hall–Kier alpha value is -2.22. The van der Waals surface area contributed by atoms with Crippen LogP contribution in [0.2, 0.25) is 5.02 Å². The molecule has 2 aromatic carbocycles. The molecular formula is C18H19ClN4O2S. The Bertz CT molecular complexity index is 1010. The van der Waals surface area contributed by atoms with Gasteiger partial charge >= 0.3 is 0 Å². The van der Waals surface area contributed by atoms with Gasteiger partial charge in [0.05, 0.1) is 4.90 Å². The smallest absolute Gasteiger partial charge is 0.240 e. The standard InChI is InChI=1S/C18H19ClN4O2S/c1-12-3-4-13(2)16(11-12)26(24,25)20-10-9-17-21-18(23-22-17)14-5-7-15(19)8-6-14/h3-8,11,20H,9-10H2,1-2H3,(H,21,22,23). The van der Waals surface area contributed by atoms with Crippen molar-refractivity contribution in [2.45, 2.75) is 25.2 Å². The summed E-state index contributed by atoms with van der Waals surface area (Å²) in [5.41, 5.74) is 2.46. The fraction of sp³-hybridized carbons (Fsp3) is 0.222. The summed E-state index contributed by atoms with van der Waals surface area (Å²) in [6, 6.07) is 12.6. The number of nitrogens with one attached hydrogen (secondary N) is 2. The van der Waals surface area contributed by atoms with Crippen LogP contribution < -0.4 is 4.72 Å². The summed E-state index contributed by atoms with van der Waals surface area (Å²) in [4.78, 5) is 4.69. The van der Waals surface area contributed by atoms with E-state index in [2.05, 4.69) is 19.9 Å². The van der Waals surface area contributed by atoms with Crippen LogP contribution in [-0.2, 0) is 16.4 Å². The lowest BCUT2D eigenvalue weighted by molar-refractivity contribution is 0.580. The number of sulfonamides is 1. The highest BCUT2D eigenvalue weighted by Gasteiger charge is 2.16. The van der Waals surface area contributed by atoms with Crippen molar-refractivity contribution in [3.05, 3.63) is 64.4 Å². The Morgan fingerprint density at radius 2 is 1.85 bits per heavy atom. The van der Waals surface area contributed by atoms with Crippen LogP contribution in [0.25, 0.3) is 11.4 Å². The van der Waals surface area contributed by atoms with Gasteiger partial charge in [-0.1, -0.05) is 23.7 Å². The summed E-state index contributed by atoms with van der Waals surface area (Å²) in [6.07, 6.45) is 0.407. The van der Waals surface area contributed by atoms with Gasteiger partial charge in [0, 0.05) is 23.6 Å². The molecule has 6 nitrogen and oxygen atoms in total. The van der Waals surface area contributed by atoms with Crippen molar-refractivity contribution in [2.75, 3.05) is 6.54 Å². The van der Waals surface area contributed by atoms with Crippen molar-refractivity contribution in [2.24, 2.45) is 0 Å². The number of aryl methyl sites for hydroxylation is 2. The normalized spacial score (nSPS) is 11.7. The third-order valence-corrected chi connectivity index (χ3v) is 5.78. The molecule has 0 aliphatic heterocycles. The number of benzene rings is 2. The predicted octanol–water partition coefficient (Wildman–Crippen LogP) is 3.26. The zero-order valence-electron chi connectivity index (χ0n) is 14.5. The van der Waals surface area contributed by atoms with Gasteiger partial charge in [-0.3, -0.25) is 5.10 Å². The molecule has 0 spiro atoms. The largest absolute Gasteiger partial charge is 0.263 e. The zero-order valence-corrected chi connectivity index (χ0v) is 16.0. The number of aromatic nitrogens is 3. The van der Waals surface area contributed by atoms with E-state index in [0.717, 1.165) is 11.1 Å². The Morgan fingerprint density at radius 3 is 2.58 bits per heavy atom. The van der Waals surface area contributed by atoms with Gasteiger partial charge in [-0.15, -0.1) is 0 Å². The summed E-state index contributed by atoms with van der Waals surface area (Å²) in [6.45, 7) is 3.87. The molecule has 0 aliphatic carbocycles. The SMILES string of the molecule is Cc1ccc(C)c(S(=O)(=O)NCCc2nc(-c3ccc(Cl)cc3)n[nH]2)c1. The Kier molecular flexibility index (Phi) is 5.41. The molecule has 0 saturated heterocycles. The molecule has 8 heteroatoms. The van der Waals surface area contributed by atoms with Crippen LogP contribution >= 0.6 is 11.6 Å². The summed E-state index contributed by atoms with van der Waals surface area (Å²) in [5.74, 6) is 1.16. The molecule has 0 bridgehead atoms. The van der Waals surface area contributed by atoms with E-state index < -0.39 is 10.0 Å². The van der Waals surface area contributed by atoms with Crippen LogP contribution in [0.5, 0.6) is 0 Å². The fourth-order valence-electron chi connectivity index (χ4n) is 2.51. The maximum atomic E-state index is 12.5. The number of H-pyrrole nitrogens is 1. The van der Waals surface area contributed by atoms with E-state index >= 15 is 0 Å². The fourth-order valence-corrected chi connectivity index (χ4v) is 4.00. The molecule has 3 rings (SSSR count). The molecular weight excluding hydrogens is 372 g/mol. The van der Waals surface area contributed by atoms with Crippen LogP contribution in [0.15, 0.2) is 47.4 Å². The van der Waals surface area contributed by atoms with E-state index in [1.54, 1.807) is 31.2 Å². The summed E-state index contributed by atoms with van der Waals surface area (Å²) >= 11 is 5.87. The highest BCUT2D eigenvalue weighted by molar-refractivity contribution is 7.89. The molecule has 26 heavy (non-hydrogen) atoms. The average Bonchev–Trinajstić information content (AvgIpc) is 3.06.